The number of anilines is 1. The van der Waals surface area contributed by atoms with Crippen molar-refractivity contribution >= 4 is 35.6 Å². The zero-order chi connectivity index (χ0) is 16.7. The fourth-order valence-corrected chi connectivity index (χ4v) is 2.99. The molecule has 0 spiro atoms. The molecule has 23 heavy (non-hydrogen) atoms. The van der Waals surface area contributed by atoms with Gasteiger partial charge < -0.3 is 16.0 Å². The van der Waals surface area contributed by atoms with E-state index in [1.54, 1.807) is 0 Å². The summed E-state index contributed by atoms with van der Waals surface area (Å²) in [6.07, 6.45) is 2.33. The Balaban J connectivity index is 0.00000484. The van der Waals surface area contributed by atoms with E-state index < -0.39 is 0 Å². The number of aliphatic imine (C=N–C) groups is 1. The van der Waals surface area contributed by atoms with Crippen molar-refractivity contribution in [1.82, 2.24) is 4.90 Å². The summed E-state index contributed by atoms with van der Waals surface area (Å²) in [5, 5.41) is 3.20. The van der Waals surface area contributed by atoms with Crippen LogP contribution in [0.2, 0.25) is 0 Å². The van der Waals surface area contributed by atoms with Crippen molar-refractivity contribution in [3.8, 4) is 0 Å². The van der Waals surface area contributed by atoms with E-state index in [0.717, 1.165) is 12.2 Å². The van der Waals surface area contributed by atoms with Gasteiger partial charge >= 0.3 is 0 Å². The van der Waals surface area contributed by atoms with Crippen LogP contribution in [0.3, 0.4) is 0 Å². The van der Waals surface area contributed by atoms with Crippen LogP contribution >= 0.6 is 24.0 Å². The summed E-state index contributed by atoms with van der Waals surface area (Å²) in [5.41, 5.74) is 9.50. The maximum absolute atomic E-state index is 6.06. The average Bonchev–Trinajstić information content (AvgIpc) is 2.41. The van der Waals surface area contributed by atoms with Crippen LogP contribution in [0.25, 0.3) is 0 Å². The molecular formula is C18H33IN4. The molecule has 1 atom stereocenters. The highest BCUT2D eigenvalue weighted by atomic mass is 127. The summed E-state index contributed by atoms with van der Waals surface area (Å²) in [5.74, 6) is 1.13. The summed E-state index contributed by atoms with van der Waals surface area (Å²) >= 11 is 0. The molecule has 0 heterocycles. The largest absolute Gasteiger partial charge is 0.370 e. The zero-order valence-electron chi connectivity index (χ0n) is 15.4. The molecule has 0 radical (unpaired) electrons. The Kier molecular flexibility index (Phi) is 10.5. The Morgan fingerprint density at radius 3 is 2.09 bits per heavy atom. The molecule has 1 aromatic carbocycles. The predicted molar refractivity (Wildman–Crippen MR) is 113 cm³/mol. The molecule has 5 heteroatoms. The molecule has 0 aliphatic heterocycles. The molecule has 132 valence electrons. The number of rotatable bonds is 7. The molecule has 0 amide bonds. The van der Waals surface area contributed by atoms with Gasteiger partial charge in [-0.05, 0) is 57.1 Å². The van der Waals surface area contributed by atoms with Crippen LogP contribution < -0.4 is 11.1 Å². The van der Waals surface area contributed by atoms with Crippen LogP contribution in [0.15, 0.2) is 23.2 Å². The van der Waals surface area contributed by atoms with Crippen molar-refractivity contribution in [2.24, 2.45) is 16.6 Å². The Hall–Kier alpha value is -0.820. The number of nitrogens with two attached hydrogens (primary N) is 1. The lowest BCUT2D eigenvalue weighted by Crippen LogP contribution is -2.38. The van der Waals surface area contributed by atoms with Crippen LogP contribution in [-0.4, -0.2) is 37.5 Å². The molecule has 0 fully saturated rings. The van der Waals surface area contributed by atoms with Gasteiger partial charge in [0.1, 0.15) is 0 Å². The van der Waals surface area contributed by atoms with Gasteiger partial charge in [0.05, 0.1) is 6.54 Å². The van der Waals surface area contributed by atoms with E-state index in [0.29, 0.717) is 17.9 Å². The number of hydrogen-bond donors (Lipinski definition) is 2. The van der Waals surface area contributed by atoms with Gasteiger partial charge in [-0.25, -0.2) is 0 Å². The van der Waals surface area contributed by atoms with Gasteiger partial charge in [0, 0.05) is 11.7 Å². The number of nitrogens with one attached hydrogen (secondary N) is 1. The van der Waals surface area contributed by atoms with Crippen molar-refractivity contribution in [1.29, 1.82) is 0 Å². The van der Waals surface area contributed by atoms with E-state index in [1.807, 2.05) is 0 Å². The number of nitrogens with zero attached hydrogens (tertiary/aromatic N) is 2. The van der Waals surface area contributed by atoms with E-state index >= 15 is 0 Å². The van der Waals surface area contributed by atoms with Crippen LogP contribution in [-0.2, 0) is 0 Å². The van der Waals surface area contributed by atoms with Crippen molar-refractivity contribution in [2.45, 2.75) is 46.6 Å². The first-order chi connectivity index (χ1) is 10.4. The van der Waals surface area contributed by atoms with E-state index in [1.165, 1.54) is 24.0 Å². The first-order valence-corrected chi connectivity index (χ1v) is 8.19. The Labute approximate surface area is 158 Å². The summed E-state index contributed by atoms with van der Waals surface area (Å²) in [6, 6.07) is 6.74. The molecule has 1 aromatic rings. The Bertz CT molecular complexity index is 476. The Morgan fingerprint density at radius 1 is 1.13 bits per heavy atom. The summed E-state index contributed by atoms with van der Waals surface area (Å²) in [4.78, 5) is 6.81. The molecule has 0 saturated heterocycles. The summed E-state index contributed by atoms with van der Waals surface area (Å²) in [6.45, 7) is 9.38. The molecule has 0 bridgehead atoms. The minimum absolute atomic E-state index is 0. The third-order valence-electron chi connectivity index (χ3n) is 4.20. The van der Waals surface area contributed by atoms with Gasteiger partial charge in [0.2, 0.25) is 0 Å². The molecule has 0 saturated carbocycles. The third kappa shape index (κ3) is 7.52. The summed E-state index contributed by atoms with van der Waals surface area (Å²) in [7, 11) is 4.23. The topological polar surface area (TPSA) is 53.6 Å². The molecule has 4 nitrogen and oxygen atoms in total. The van der Waals surface area contributed by atoms with Crippen LogP contribution in [0.1, 0.15) is 37.8 Å². The zero-order valence-corrected chi connectivity index (χ0v) is 17.7. The molecule has 1 unspecified atom stereocenters. The molecule has 3 N–H and O–H groups in total. The first kappa shape index (κ1) is 22.2. The third-order valence-corrected chi connectivity index (χ3v) is 4.20. The van der Waals surface area contributed by atoms with Crippen LogP contribution in [0.5, 0.6) is 0 Å². The second-order valence-corrected chi connectivity index (χ2v) is 6.33. The number of likely N-dealkylation sites (N-methyl/N-ethyl adjacent to an activating group) is 1. The van der Waals surface area contributed by atoms with Gasteiger partial charge in [-0.2, -0.15) is 0 Å². The van der Waals surface area contributed by atoms with E-state index in [4.69, 9.17) is 5.73 Å². The quantitative estimate of drug-likeness (QED) is 0.389. The van der Waals surface area contributed by atoms with Gasteiger partial charge in [0.25, 0.3) is 0 Å². The Morgan fingerprint density at radius 2 is 1.65 bits per heavy atom. The lowest BCUT2D eigenvalue weighted by atomic mass is 9.93. The minimum Gasteiger partial charge on any atom is -0.370 e. The van der Waals surface area contributed by atoms with Crippen LogP contribution in [0, 0.1) is 19.8 Å². The number of guanidine groups is 1. The van der Waals surface area contributed by atoms with Crippen molar-refractivity contribution in [3.63, 3.8) is 0 Å². The highest BCUT2D eigenvalue weighted by molar-refractivity contribution is 14.0. The van der Waals surface area contributed by atoms with Gasteiger partial charge in [-0.3, -0.25) is 4.99 Å². The normalized spacial score (nSPS) is 13.1. The first-order valence-electron chi connectivity index (χ1n) is 8.19. The maximum Gasteiger partial charge on any atom is 0.193 e. The minimum atomic E-state index is 0. The fourth-order valence-electron chi connectivity index (χ4n) is 2.99. The smallest absolute Gasteiger partial charge is 0.193 e. The highest BCUT2D eigenvalue weighted by Gasteiger charge is 2.20. The van der Waals surface area contributed by atoms with Gasteiger partial charge in [-0.15, -0.1) is 24.0 Å². The van der Waals surface area contributed by atoms with Crippen molar-refractivity contribution in [3.05, 3.63) is 29.3 Å². The number of hydrogen-bond acceptors (Lipinski definition) is 2. The van der Waals surface area contributed by atoms with E-state index in [-0.39, 0.29) is 24.0 Å². The van der Waals surface area contributed by atoms with E-state index in [9.17, 15) is 0 Å². The molecule has 0 aliphatic carbocycles. The molecular weight excluding hydrogens is 399 g/mol. The second kappa shape index (κ2) is 10.9. The monoisotopic (exact) mass is 432 g/mol. The number of benzene rings is 1. The van der Waals surface area contributed by atoms with Crippen LogP contribution in [0.4, 0.5) is 5.69 Å². The fraction of sp³-hybridized carbons (Fsp3) is 0.611. The average molecular weight is 432 g/mol. The van der Waals surface area contributed by atoms with E-state index in [2.05, 4.69) is 75.2 Å². The SMILES string of the molecule is CCC(CC)C(CN=C(N)Nc1cc(C)cc(C)c1)N(C)C.I. The molecule has 0 aromatic heterocycles. The number of halogens is 1. The lowest BCUT2D eigenvalue weighted by molar-refractivity contribution is 0.206. The number of aryl methyl sites for hydroxylation is 2. The molecule has 1 rings (SSSR count). The standard InChI is InChI=1S/C18H32N4.HI/c1-7-15(8-2)17(22(5)6)12-20-18(19)21-16-10-13(3)9-14(4)11-16;/h9-11,15,17H,7-8,12H2,1-6H3,(H3,19,20,21);1H. The van der Waals surface area contributed by atoms with Crippen molar-refractivity contribution in [2.75, 3.05) is 26.0 Å². The van der Waals surface area contributed by atoms with Gasteiger partial charge in [-0.1, -0.05) is 32.8 Å². The second-order valence-electron chi connectivity index (χ2n) is 6.33. The highest BCUT2D eigenvalue weighted by Crippen LogP contribution is 2.17. The molecule has 0 aliphatic rings. The maximum atomic E-state index is 6.06. The lowest BCUT2D eigenvalue weighted by Gasteiger charge is -2.30. The van der Waals surface area contributed by atoms with Gasteiger partial charge in [0.15, 0.2) is 5.96 Å². The summed E-state index contributed by atoms with van der Waals surface area (Å²) < 4.78 is 0. The van der Waals surface area contributed by atoms with Crippen molar-refractivity contribution < 1.29 is 0 Å². The predicted octanol–water partition coefficient (Wildman–Crippen LogP) is 4.01.